The Balaban J connectivity index is 1.42. The molecular weight excluding hydrogens is 369 g/mol. The van der Waals surface area contributed by atoms with Crippen LogP contribution in [0.15, 0.2) is 35.4 Å². The zero-order valence-electron chi connectivity index (χ0n) is 15.0. The normalized spacial score (nSPS) is 17.7. The lowest BCUT2D eigenvalue weighted by molar-refractivity contribution is 0.312. The van der Waals surface area contributed by atoms with E-state index in [0.29, 0.717) is 22.5 Å². The predicted octanol–water partition coefficient (Wildman–Crippen LogP) is 5.05. The van der Waals surface area contributed by atoms with Gasteiger partial charge in [0.25, 0.3) is 0 Å². The molecule has 0 atom stereocenters. The van der Waals surface area contributed by atoms with Crippen molar-refractivity contribution < 1.29 is 4.74 Å². The Hall–Kier alpha value is -1.49. The summed E-state index contributed by atoms with van der Waals surface area (Å²) in [6.45, 7) is 6.25. The third-order valence-electron chi connectivity index (χ3n) is 5.25. The van der Waals surface area contributed by atoms with Gasteiger partial charge in [-0.2, -0.15) is 0 Å². The van der Waals surface area contributed by atoms with Gasteiger partial charge in [-0.3, -0.25) is 4.90 Å². The van der Waals surface area contributed by atoms with Crippen LogP contribution in [0.5, 0.6) is 5.88 Å². The Morgan fingerprint density at radius 1 is 1.04 bits per heavy atom. The van der Waals surface area contributed by atoms with Crippen LogP contribution in [0.1, 0.15) is 31.4 Å². The molecular formula is C20H23Cl2N3O. The minimum Gasteiger partial charge on any atom is -0.472 e. The average molecular weight is 392 g/mol. The Morgan fingerprint density at radius 3 is 2.50 bits per heavy atom. The summed E-state index contributed by atoms with van der Waals surface area (Å²) in [5, 5.41) is 5.63. The van der Waals surface area contributed by atoms with Crippen LogP contribution < -0.4 is 4.74 Å². The first kappa shape index (κ1) is 17.9. The minimum atomic E-state index is 0.521. The summed E-state index contributed by atoms with van der Waals surface area (Å²) < 4.78 is 7.81. The zero-order chi connectivity index (χ0) is 18.1. The molecule has 4 rings (SSSR count). The molecule has 1 aromatic heterocycles. The SMILES string of the molecule is Cc1cc(OCC2=C(CN3CCCC3)CC2)nn1-c1ccc(Cl)c(Cl)c1. The van der Waals surface area contributed by atoms with Crippen molar-refractivity contribution in [3.63, 3.8) is 0 Å². The lowest BCUT2D eigenvalue weighted by atomic mass is 9.88. The van der Waals surface area contributed by atoms with E-state index in [1.807, 2.05) is 29.8 Å². The summed E-state index contributed by atoms with van der Waals surface area (Å²) in [4.78, 5) is 2.55. The molecule has 0 amide bonds. The molecule has 0 radical (unpaired) electrons. The maximum absolute atomic E-state index is 6.12. The molecule has 0 unspecified atom stereocenters. The molecule has 2 aliphatic rings. The molecule has 4 nitrogen and oxygen atoms in total. The van der Waals surface area contributed by atoms with Gasteiger partial charge in [0.15, 0.2) is 0 Å². The molecule has 1 aromatic carbocycles. The fourth-order valence-corrected chi connectivity index (χ4v) is 3.90. The van der Waals surface area contributed by atoms with Crippen molar-refractivity contribution in [1.82, 2.24) is 14.7 Å². The topological polar surface area (TPSA) is 30.3 Å². The van der Waals surface area contributed by atoms with Crippen LogP contribution in [0.2, 0.25) is 10.0 Å². The van der Waals surface area contributed by atoms with Gasteiger partial charge in [-0.15, -0.1) is 5.10 Å². The third kappa shape index (κ3) is 3.78. The molecule has 1 aliphatic heterocycles. The van der Waals surface area contributed by atoms with E-state index in [2.05, 4.69) is 10.00 Å². The molecule has 1 saturated heterocycles. The predicted molar refractivity (Wildman–Crippen MR) is 106 cm³/mol. The van der Waals surface area contributed by atoms with E-state index in [1.54, 1.807) is 11.6 Å². The van der Waals surface area contributed by atoms with Crippen molar-refractivity contribution in [1.29, 1.82) is 0 Å². The Labute approximate surface area is 164 Å². The lowest BCUT2D eigenvalue weighted by Crippen LogP contribution is -2.26. The summed E-state index contributed by atoms with van der Waals surface area (Å²) >= 11 is 12.1. The van der Waals surface area contributed by atoms with E-state index < -0.39 is 0 Å². The second kappa shape index (κ2) is 7.63. The number of benzene rings is 1. The number of ether oxygens (including phenoxy) is 1. The summed E-state index contributed by atoms with van der Waals surface area (Å²) in [5.41, 5.74) is 4.88. The van der Waals surface area contributed by atoms with Gasteiger partial charge in [-0.1, -0.05) is 28.8 Å². The van der Waals surface area contributed by atoms with Gasteiger partial charge >= 0.3 is 0 Å². The van der Waals surface area contributed by atoms with Crippen molar-refractivity contribution in [2.45, 2.75) is 32.6 Å². The van der Waals surface area contributed by atoms with Gasteiger partial charge in [0.1, 0.15) is 6.61 Å². The second-order valence-electron chi connectivity index (χ2n) is 7.11. The number of hydrogen-bond acceptors (Lipinski definition) is 3. The highest BCUT2D eigenvalue weighted by Gasteiger charge is 2.22. The fourth-order valence-electron chi connectivity index (χ4n) is 3.61. The Bertz CT molecular complexity index is 838. The van der Waals surface area contributed by atoms with Gasteiger partial charge in [0, 0.05) is 18.3 Å². The van der Waals surface area contributed by atoms with Gasteiger partial charge in [0.2, 0.25) is 5.88 Å². The van der Waals surface area contributed by atoms with Crippen molar-refractivity contribution >= 4 is 23.2 Å². The van der Waals surface area contributed by atoms with Crippen LogP contribution in [0.25, 0.3) is 5.69 Å². The molecule has 2 aromatic rings. The number of aryl methyl sites for hydroxylation is 1. The fraction of sp³-hybridized carbons (Fsp3) is 0.450. The van der Waals surface area contributed by atoms with Crippen LogP contribution in [0, 0.1) is 6.92 Å². The maximum atomic E-state index is 6.12. The average Bonchev–Trinajstić information content (AvgIpc) is 3.24. The standard InChI is InChI=1S/C20H23Cl2N3O/c1-14-10-20(23-25(14)17-6-7-18(21)19(22)11-17)26-13-16-5-4-15(16)12-24-8-2-3-9-24/h6-7,10-11H,2-5,8-9,12-13H2,1H3. The third-order valence-corrected chi connectivity index (χ3v) is 5.99. The van der Waals surface area contributed by atoms with E-state index in [4.69, 9.17) is 27.9 Å². The highest BCUT2D eigenvalue weighted by atomic mass is 35.5. The first-order valence-electron chi connectivity index (χ1n) is 9.17. The van der Waals surface area contributed by atoms with Gasteiger partial charge in [0.05, 0.1) is 15.7 Å². The Morgan fingerprint density at radius 2 is 1.81 bits per heavy atom. The van der Waals surface area contributed by atoms with Crippen molar-refractivity contribution in [2.24, 2.45) is 0 Å². The summed E-state index contributed by atoms with van der Waals surface area (Å²) in [7, 11) is 0. The number of nitrogens with zero attached hydrogens (tertiary/aromatic N) is 3. The smallest absolute Gasteiger partial charge is 0.233 e. The Kier molecular flexibility index (Phi) is 5.25. The van der Waals surface area contributed by atoms with Crippen molar-refractivity contribution in [2.75, 3.05) is 26.2 Å². The van der Waals surface area contributed by atoms with E-state index in [-0.39, 0.29) is 0 Å². The van der Waals surface area contributed by atoms with Crippen molar-refractivity contribution in [3.05, 3.63) is 51.2 Å². The molecule has 2 heterocycles. The quantitative estimate of drug-likeness (QED) is 0.645. The number of rotatable bonds is 6. The molecule has 1 aliphatic carbocycles. The summed E-state index contributed by atoms with van der Waals surface area (Å²) in [6.07, 6.45) is 5.04. The van der Waals surface area contributed by atoms with Crippen LogP contribution in [0.3, 0.4) is 0 Å². The molecule has 26 heavy (non-hydrogen) atoms. The first-order valence-corrected chi connectivity index (χ1v) is 9.93. The number of hydrogen-bond donors (Lipinski definition) is 0. The molecule has 0 N–H and O–H groups in total. The second-order valence-corrected chi connectivity index (χ2v) is 7.93. The van der Waals surface area contributed by atoms with Gasteiger partial charge < -0.3 is 4.74 Å². The van der Waals surface area contributed by atoms with Crippen LogP contribution in [-0.4, -0.2) is 40.9 Å². The number of aromatic nitrogens is 2. The van der Waals surface area contributed by atoms with Crippen molar-refractivity contribution in [3.8, 4) is 11.6 Å². The first-order chi connectivity index (χ1) is 12.6. The molecule has 0 spiro atoms. The highest BCUT2D eigenvalue weighted by Crippen LogP contribution is 2.30. The highest BCUT2D eigenvalue weighted by molar-refractivity contribution is 6.42. The molecule has 138 valence electrons. The largest absolute Gasteiger partial charge is 0.472 e. The van der Waals surface area contributed by atoms with E-state index in [0.717, 1.165) is 24.3 Å². The number of likely N-dealkylation sites (tertiary alicyclic amines) is 1. The van der Waals surface area contributed by atoms with Crippen LogP contribution >= 0.6 is 23.2 Å². The molecule has 1 fully saturated rings. The monoisotopic (exact) mass is 391 g/mol. The van der Waals surface area contributed by atoms with Gasteiger partial charge in [-0.25, -0.2) is 4.68 Å². The molecule has 6 heteroatoms. The summed E-state index contributed by atoms with van der Waals surface area (Å²) in [5.74, 6) is 0.647. The molecule has 0 bridgehead atoms. The summed E-state index contributed by atoms with van der Waals surface area (Å²) in [6, 6.07) is 7.46. The van der Waals surface area contributed by atoms with E-state index in [9.17, 15) is 0 Å². The number of halogens is 2. The van der Waals surface area contributed by atoms with E-state index >= 15 is 0 Å². The van der Waals surface area contributed by atoms with E-state index in [1.165, 1.54) is 37.9 Å². The van der Waals surface area contributed by atoms with Crippen LogP contribution in [0.4, 0.5) is 0 Å². The van der Waals surface area contributed by atoms with Gasteiger partial charge in [-0.05, 0) is 69.5 Å². The zero-order valence-corrected chi connectivity index (χ0v) is 16.5. The molecule has 0 saturated carbocycles. The van der Waals surface area contributed by atoms with Crippen LogP contribution in [-0.2, 0) is 0 Å². The lowest BCUT2D eigenvalue weighted by Gasteiger charge is -2.27. The minimum absolute atomic E-state index is 0.521. The maximum Gasteiger partial charge on any atom is 0.233 e.